The third-order valence-electron chi connectivity index (χ3n) is 8.04. The van der Waals surface area contributed by atoms with Crippen molar-refractivity contribution in [1.82, 2.24) is 24.5 Å². The second kappa shape index (κ2) is 10.8. The number of piperidine rings is 1. The molecule has 1 atom stereocenters. The van der Waals surface area contributed by atoms with Gasteiger partial charge in [-0.1, -0.05) is 17.7 Å². The van der Waals surface area contributed by atoms with Crippen LogP contribution in [0.2, 0.25) is 5.02 Å². The van der Waals surface area contributed by atoms with Gasteiger partial charge in [0.2, 0.25) is 0 Å². The van der Waals surface area contributed by atoms with Crippen molar-refractivity contribution in [3.8, 4) is 6.01 Å². The van der Waals surface area contributed by atoms with Gasteiger partial charge in [-0.15, -0.1) is 0 Å². The van der Waals surface area contributed by atoms with Crippen LogP contribution in [0.3, 0.4) is 0 Å². The first-order valence-electron chi connectivity index (χ1n) is 13.2. The van der Waals surface area contributed by atoms with Gasteiger partial charge in [0.1, 0.15) is 29.5 Å². The number of imidazole rings is 1. The fraction of sp³-hybridized carbons (Fsp3) is 0.393. The first-order chi connectivity index (χ1) is 19.8. The second-order valence-electron chi connectivity index (χ2n) is 10.4. The van der Waals surface area contributed by atoms with E-state index in [0.717, 1.165) is 36.8 Å². The Morgan fingerprint density at radius 2 is 1.95 bits per heavy atom. The predicted octanol–water partition coefficient (Wildman–Crippen LogP) is 4.85. The van der Waals surface area contributed by atoms with Crippen LogP contribution in [0.25, 0.3) is 11.0 Å². The minimum absolute atomic E-state index is 0.0146. The van der Waals surface area contributed by atoms with Gasteiger partial charge in [-0.25, -0.2) is 28.5 Å². The molecule has 1 N–H and O–H groups in total. The monoisotopic (exact) mass is 584 g/mol. The van der Waals surface area contributed by atoms with Crippen molar-refractivity contribution in [1.29, 1.82) is 0 Å². The molecule has 2 aliphatic rings. The minimum atomic E-state index is -1.09. The Bertz CT molecular complexity index is 1620. The largest absolute Gasteiger partial charge is 0.477 e. The number of anilines is 1. The molecular formula is C28H27ClF2N6O4. The van der Waals surface area contributed by atoms with Gasteiger partial charge in [0.05, 0.1) is 24.5 Å². The number of nitrogens with zero attached hydrogens (tertiary/aromatic N) is 6. The van der Waals surface area contributed by atoms with E-state index in [1.165, 1.54) is 18.3 Å². The van der Waals surface area contributed by atoms with E-state index >= 15 is 0 Å². The van der Waals surface area contributed by atoms with Crippen molar-refractivity contribution in [2.75, 3.05) is 31.7 Å². The molecule has 3 aromatic heterocycles. The summed E-state index contributed by atoms with van der Waals surface area (Å²) in [5.74, 6) is -0.918. The Morgan fingerprint density at radius 3 is 2.68 bits per heavy atom. The highest BCUT2D eigenvalue weighted by Gasteiger charge is 2.57. The molecule has 10 nitrogen and oxygen atoms in total. The van der Waals surface area contributed by atoms with Gasteiger partial charge in [-0.05, 0) is 42.9 Å². The van der Waals surface area contributed by atoms with Gasteiger partial charge < -0.3 is 24.0 Å². The molecule has 214 valence electrons. The molecule has 1 saturated heterocycles. The predicted molar refractivity (Wildman–Crippen MR) is 145 cm³/mol. The molecule has 2 fully saturated rings. The number of ether oxygens (including phenoxy) is 2. The molecule has 13 heteroatoms. The summed E-state index contributed by atoms with van der Waals surface area (Å²) >= 11 is 5.80. The smallest absolute Gasteiger partial charge is 0.354 e. The summed E-state index contributed by atoms with van der Waals surface area (Å²) in [7, 11) is 1.62. The normalized spacial score (nSPS) is 17.8. The van der Waals surface area contributed by atoms with E-state index in [4.69, 9.17) is 26.1 Å². The molecular weight excluding hydrogens is 558 g/mol. The highest BCUT2D eigenvalue weighted by atomic mass is 35.5. The van der Waals surface area contributed by atoms with Crippen LogP contribution in [0.4, 0.5) is 14.6 Å². The fourth-order valence-corrected chi connectivity index (χ4v) is 5.85. The summed E-state index contributed by atoms with van der Waals surface area (Å²) in [6.07, 6.45) is 5.11. The number of pyridine rings is 1. The van der Waals surface area contributed by atoms with Gasteiger partial charge in [0.15, 0.2) is 11.6 Å². The van der Waals surface area contributed by atoms with Crippen LogP contribution in [0.1, 0.15) is 47.1 Å². The lowest BCUT2D eigenvalue weighted by Gasteiger charge is -2.33. The molecule has 6 rings (SSSR count). The zero-order valence-corrected chi connectivity index (χ0v) is 22.9. The van der Waals surface area contributed by atoms with E-state index in [0.29, 0.717) is 31.8 Å². The van der Waals surface area contributed by atoms with Crippen LogP contribution < -0.4 is 9.64 Å². The molecule has 1 saturated carbocycles. The number of rotatable bonds is 9. The molecule has 0 amide bonds. The maximum absolute atomic E-state index is 14.8. The molecule has 41 heavy (non-hydrogen) atoms. The van der Waals surface area contributed by atoms with E-state index in [2.05, 4.69) is 15.0 Å². The van der Waals surface area contributed by atoms with Crippen LogP contribution in [-0.4, -0.2) is 62.4 Å². The van der Waals surface area contributed by atoms with Crippen molar-refractivity contribution >= 4 is 34.4 Å². The van der Waals surface area contributed by atoms with Crippen LogP contribution in [0.5, 0.6) is 6.01 Å². The Balaban J connectivity index is 1.16. The van der Waals surface area contributed by atoms with Gasteiger partial charge in [-0.3, -0.25) is 0 Å². The van der Waals surface area contributed by atoms with E-state index in [1.54, 1.807) is 19.2 Å². The van der Waals surface area contributed by atoms with Gasteiger partial charge in [0, 0.05) is 43.2 Å². The van der Waals surface area contributed by atoms with Gasteiger partial charge >= 0.3 is 12.0 Å². The lowest BCUT2D eigenvalue weighted by molar-refractivity contribution is 0.0690. The van der Waals surface area contributed by atoms with Crippen LogP contribution in [0.15, 0.2) is 36.7 Å². The molecule has 0 bridgehead atoms. The standard InChI is InChI=1S/C28H27ClF2N6O4/c1-40-9-8-37-23-11-21(26(38)39)32-14-22(23)34-24(37)18-12-28(18)4-6-36(7-5-28)25-20(31)13-33-27(35-25)41-15-16-2-3-17(29)10-19(16)30/h2-3,10-11,13-14,18H,4-9,12,15H2,1H3,(H,38,39). The van der Waals surface area contributed by atoms with E-state index in [-0.39, 0.29) is 46.0 Å². The van der Waals surface area contributed by atoms with Crippen LogP contribution >= 0.6 is 11.6 Å². The topological polar surface area (TPSA) is 115 Å². The summed E-state index contributed by atoms with van der Waals surface area (Å²) < 4.78 is 41.8. The van der Waals surface area contributed by atoms with Crippen molar-refractivity contribution < 1.29 is 28.2 Å². The van der Waals surface area contributed by atoms with Gasteiger partial charge in [0.25, 0.3) is 0 Å². The fourth-order valence-electron chi connectivity index (χ4n) is 5.69. The highest BCUT2D eigenvalue weighted by molar-refractivity contribution is 6.30. The average molecular weight is 585 g/mol. The maximum atomic E-state index is 14.8. The molecule has 1 unspecified atom stereocenters. The summed E-state index contributed by atoms with van der Waals surface area (Å²) in [5, 5.41) is 9.69. The number of fused-ring (bicyclic) bond motifs is 1. The van der Waals surface area contributed by atoms with E-state index in [9.17, 15) is 18.7 Å². The lowest BCUT2D eigenvalue weighted by atomic mass is 9.90. The Kier molecular flexibility index (Phi) is 7.20. The number of halogens is 3. The molecule has 1 aromatic carbocycles. The number of aromatic nitrogens is 5. The third kappa shape index (κ3) is 5.29. The van der Waals surface area contributed by atoms with E-state index < -0.39 is 17.6 Å². The van der Waals surface area contributed by atoms with Crippen molar-refractivity contribution in [3.63, 3.8) is 0 Å². The first-order valence-corrected chi connectivity index (χ1v) is 13.6. The van der Waals surface area contributed by atoms with Crippen molar-refractivity contribution in [2.45, 2.75) is 38.3 Å². The summed E-state index contributed by atoms with van der Waals surface area (Å²) in [6, 6.07) is 5.79. The van der Waals surface area contributed by atoms with Crippen LogP contribution in [0, 0.1) is 17.0 Å². The minimum Gasteiger partial charge on any atom is -0.477 e. The summed E-state index contributed by atoms with van der Waals surface area (Å²) in [6.45, 7) is 2.04. The number of hydrogen-bond acceptors (Lipinski definition) is 8. The zero-order valence-electron chi connectivity index (χ0n) is 22.2. The third-order valence-corrected chi connectivity index (χ3v) is 8.27. The quantitative estimate of drug-likeness (QED) is 0.295. The number of aromatic carboxylic acids is 1. The number of benzene rings is 1. The molecule has 4 aromatic rings. The number of hydrogen-bond donors (Lipinski definition) is 1. The summed E-state index contributed by atoms with van der Waals surface area (Å²) in [4.78, 5) is 30.5. The zero-order chi connectivity index (χ0) is 28.7. The lowest BCUT2D eigenvalue weighted by Crippen LogP contribution is -2.36. The molecule has 0 radical (unpaired) electrons. The highest BCUT2D eigenvalue weighted by Crippen LogP contribution is 2.65. The number of carboxylic acids is 1. The summed E-state index contributed by atoms with van der Waals surface area (Å²) in [5.41, 5.74) is 1.64. The number of carboxylic acid groups (broad SMARTS) is 1. The van der Waals surface area contributed by atoms with Crippen LogP contribution in [-0.2, 0) is 17.9 Å². The molecule has 4 heterocycles. The SMILES string of the molecule is COCCn1c(C2CC23CCN(c2nc(OCc4ccc(Cl)cc4F)ncc2F)CC3)nc2cnc(C(=O)O)cc21. The number of carbonyl (C=O) groups is 1. The molecule has 1 spiro atoms. The van der Waals surface area contributed by atoms with E-state index in [1.807, 2.05) is 9.47 Å². The molecule has 1 aliphatic carbocycles. The number of methoxy groups -OCH3 is 1. The maximum Gasteiger partial charge on any atom is 0.354 e. The second-order valence-corrected chi connectivity index (χ2v) is 10.9. The van der Waals surface area contributed by atoms with Crippen molar-refractivity contribution in [2.24, 2.45) is 5.41 Å². The van der Waals surface area contributed by atoms with Crippen molar-refractivity contribution in [3.05, 3.63) is 70.4 Å². The Labute approximate surface area is 238 Å². The first kappa shape index (κ1) is 27.3. The van der Waals surface area contributed by atoms with Gasteiger partial charge in [-0.2, -0.15) is 4.98 Å². The Hall–Kier alpha value is -3.90. The average Bonchev–Trinajstić information content (AvgIpc) is 3.53. The Morgan fingerprint density at radius 1 is 1.15 bits per heavy atom. The molecule has 1 aliphatic heterocycles.